The lowest BCUT2D eigenvalue weighted by Crippen LogP contribution is -2.25. The van der Waals surface area contributed by atoms with E-state index in [1.54, 1.807) is 12.1 Å². The maximum Gasteiger partial charge on any atom is 0.251 e. The predicted molar refractivity (Wildman–Crippen MR) is 83.0 cm³/mol. The summed E-state index contributed by atoms with van der Waals surface area (Å²) in [5.74, 6) is 0.167. The highest BCUT2D eigenvalue weighted by Crippen LogP contribution is 2.22. The van der Waals surface area contributed by atoms with E-state index in [1.165, 1.54) is 0 Å². The largest absolute Gasteiger partial charge is 0.397 e. The van der Waals surface area contributed by atoms with Gasteiger partial charge in [-0.25, -0.2) is 0 Å². The van der Waals surface area contributed by atoms with Crippen LogP contribution in [0.4, 0.5) is 11.4 Å². The van der Waals surface area contributed by atoms with Crippen molar-refractivity contribution in [1.82, 2.24) is 5.32 Å². The third kappa shape index (κ3) is 4.74. The second kappa shape index (κ2) is 7.75. The summed E-state index contributed by atoms with van der Waals surface area (Å²) in [4.78, 5) is 13.9. The highest BCUT2D eigenvalue weighted by molar-refractivity contribution is 5.96. The Labute approximate surface area is 120 Å². The molecule has 1 atom stereocenters. The Morgan fingerprint density at radius 3 is 2.70 bits per heavy atom. The van der Waals surface area contributed by atoms with Crippen LogP contribution in [-0.4, -0.2) is 38.3 Å². The number of hydrogen-bond acceptors (Lipinski definition) is 4. The summed E-state index contributed by atoms with van der Waals surface area (Å²) >= 11 is 0. The van der Waals surface area contributed by atoms with E-state index in [9.17, 15) is 4.79 Å². The van der Waals surface area contributed by atoms with E-state index in [2.05, 4.69) is 5.32 Å². The van der Waals surface area contributed by atoms with Gasteiger partial charge in [0, 0.05) is 32.8 Å². The molecular weight excluding hydrogens is 254 g/mol. The molecule has 0 radical (unpaired) electrons. The van der Waals surface area contributed by atoms with Crippen LogP contribution >= 0.6 is 0 Å². The second-order valence-electron chi connectivity index (χ2n) is 5.35. The van der Waals surface area contributed by atoms with E-state index >= 15 is 0 Å². The van der Waals surface area contributed by atoms with E-state index in [-0.39, 0.29) is 18.4 Å². The minimum absolute atomic E-state index is 0.112. The van der Waals surface area contributed by atoms with Gasteiger partial charge in [0.15, 0.2) is 0 Å². The Morgan fingerprint density at radius 1 is 1.45 bits per heavy atom. The van der Waals surface area contributed by atoms with Crippen molar-refractivity contribution in [1.29, 1.82) is 0 Å². The van der Waals surface area contributed by atoms with Gasteiger partial charge in [-0.1, -0.05) is 6.92 Å². The van der Waals surface area contributed by atoms with Crippen LogP contribution in [-0.2, 0) is 0 Å². The topological polar surface area (TPSA) is 78.6 Å². The number of rotatable bonds is 7. The van der Waals surface area contributed by atoms with Crippen molar-refractivity contribution >= 4 is 17.3 Å². The van der Waals surface area contributed by atoms with Crippen LogP contribution in [0.25, 0.3) is 0 Å². The van der Waals surface area contributed by atoms with E-state index < -0.39 is 0 Å². The van der Waals surface area contributed by atoms with Crippen LogP contribution in [0.15, 0.2) is 18.2 Å². The standard InChI is InChI=1S/C15H25N3O2/c1-11(10-19)5-4-8-17-15(20)12-6-7-14(18(2)3)13(16)9-12/h6-7,9,11,19H,4-5,8,10,16H2,1-3H3,(H,17,20). The Kier molecular flexibility index (Phi) is 6.31. The molecule has 1 amide bonds. The molecule has 1 aromatic carbocycles. The van der Waals surface area contributed by atoms with Gasteiger partial charge in [0.05, 0.1) is 11.4 Å². The molecule has 20 heavy (non-hydrogen) atoms. The van der Waals surface area contributed by atoms with Gasteiger partial charge in [-0.05, 0) is 37.0 Å². The minimum atomic E-state index is -0.112. The van der Waals surface area contributed by atoms with Crippen LogP contribution in [0.2, 0.25) is 0 Å². The molecule has 0 heterocycles. The van der Waals surface area contributed by atoms with Crippen molar-refractivity contribution in [3.8, 4) is 0 Å². The zero-order valence-electron chi connectivity index (χ0n) is 12.5. The monoisotopic (exact) mass is 279 g/mol. The molecule has 112 valence electrons. The summed E-state index contributed by atoms with van der Waals surface area (Å²) in [5, 5.41) is 11.8. The van der Waals surface area contributed by atoms with Crippen molar-refractivity contribution in [2.45, 2.75) is 19.8 Å². The molecule has 4 N–H and O–H groups in total. The molecule has 5 heteroatoms. The normalized spacial score (nSPS) is 12.0. The molecule has 5 nitrogen and oxygen atoms in total. The maximum atomic E-state index is 12.0. The van der Waals surface area contributed by atoms with Crippen molar-refractivity contribution in [2.24, 2.45) is 5.92 Å². The molecule has 0 fully saturated rings. The lowest BCUT2D eigenvalue weighted by Gasteiger charge is -2.16. The average molecular weight is 279 g/mol. The fourth-order valence-corrected chi connectivity index (χ4v) is 1.95. The van der Waals surface area contributed by atoms with E-state index in [1.807, 2.05) is 32.0 Å². The first kappa shape index (κ1) is 16.3. The molecule has 0 saturated carbocycles. The number of carbonyl (C=O) groups excluding carboxylic acids is 1. The minimum Gasteiger partial charge on any atom is -0.397 e. The summed E-state index contributed by atoms with van der Waals surface area (Å²) in [5.41, 5.74) is 7.99. The van der Waals surface area contributed by atoms with Gasteiger partial charge < -0.3 is 21.1 Å². The van der Waals surface area contributed by atoms with Gasteiger partial charge in [-0.3, -0.25) is 4.79 Å². The first-order chi connectivity index (χ1) is 9.45. The number of anilines is 2. The van der Waals surface area contributed by atoms with Gasteiger partial charge in [0.2, 0.25) is 0 Å². The Morgan fingerprint density at radius 2 is 2.15 bits per heavy atom. The van der Waals surface area contributed by atoms with Crippen LogP contribution in [0.1, 0.15) is 30.1 Å². The first-order valence-electron chi connectivity index (χ1n) is 6.91. The molecule has 1 unspecified atom stereocenters. The van der Waals surface area contributed by atoms with Crippen LogP contribution in [0.3, 0.4) is 0 Å². The zero-order chi connectivity index (χ0) is 15.1. The summed E-state index contributed by atoms with van der Waals surface area (Å²) in [7, 11) is 3.82. The number of nitrogens with one attached hydrogen (secondary N) is 1. The van der Waals surface area contributed by atoms with Crippen molar-refractivity contribution in [2.75, 3.05) is 37.9 Å². The van der Waals surface area contributed by atoms with Crippen molar-refractivity contribution in [3.05, 3.63) is 23.8 Å². The lowest BCUT2D eigenvalue weighted by molar-refractivity contribution is 0.0952. The molecule has 1 rings (SSSR count). The smallest absolute Gasteiger partial charge is 0.251 e. The number of aliphatic hydroxyl groups is 1. The van der Waals surface area contributed by atoms with E-state index in [0.717, 1.165) is 18.5 Å². The third-order valence-electron chi connectivity index (χ3n) is 3.24. The summed E-state index contributed by atoms with van der Waals surface area (Å²) in [6.45, 7) is 2.79. The number of hydrogen-bond donors (Lipinski definition) is 3. The predicted octanol–water partition coefficient (Wildman–Crippen LogP) is 1.47. The number of aliphatic hydroxyl groups excluding tert-OH is 1. The lowest BCUT2D eigenvalue weighted by atomic mass is 10.1. The van der Waals surface area contributed by atoms with Crippen LogP contribution in [0, 0.1) is 5.92 Å². The quantitative estimate of drug-likeness (QED) is 0.522. The fourth-order valence-electron chi connectivity index (χ4n) is 1.95. The molecule has 0 spiro atoms. The molecule has 0 aromatic heterocycles. The Balaban J connectivity index is 2.50. The molecule has 0 aliphatic carbocycles. The molecule has 0 saturated heterocycles. The summed E-state index contributed by atoms with van der Waals surface area (Å²) in [6.07, 6.45) is 1.76. The molecule has 0 aliphatic rings. The number of benzene rings is 1. The first-order valence-corrected chi connectivity index (χ1v) is 6.91. The molecule has 0 aliphatic heterocycles. The van der Waals surface area contributed by atoms with Crippen molar-refractivity contribution < 1.29 is 9.90 Å². The number of nitrogens with two attached hydrogens (primary N) is 1. The fraction of sp³-hybridized carbons (Fsp3) is 0.533. The Hall–Kier alpha value is -1.75. The van der Waals surface area contributed by atoms with Gasteiger partial charge in [-0.15, -0.1) is 0 Å². The third-order valence-corrected chi connectivity index (χ3v) is 3.24. The SMILES string of the molecule is CC(CO)CCCNC(=O)c1ccc(N(C)C)c(N)c1. The van der Waals surface area contributed by atoms with Gasteiger partial charge in [0.25, 0.3) is 5.91 Å². The highest BCUT2D eigenvalue weighted by atomic mass is 16.3. The number of amides is 1. The second-order valence-corrected chi connectivity index (χ2v) is 5.35. The van der Waals surface area contributed by atoms with Gasteiger partial charge in [0.1, 0.15) is 0 Å². The molecular formula is C15H25N3O2. The van der Waals surface area contributed by atoms with Gasteiger partial charge in [-0.2, -0.15) is 0 Å². The molecule has 0 bridgehead atoms. The van der Waals surface area contributed by atoms with E-state index in [4.69, 9.17) is 10.8 Å². The van der Waals surface area contributed by atoms with Crippen molar-refractivity contribution in [3.63, 3.8) is 0 Å². The highest BCUT2D eigenvalue weighted by Gasteiger charge is 2.09. The van der Waals surface area contributed by atoms with Crippen LogP contribution in [0.5, 0.6) is 0 Å². The van der Waals surface area contributed by atoms with Crippen LogP contribution < -0.4 is 16.0 Å². The average Bonchev–Trinajstić information content (AvgIpc) is 2.42. The van der Waals surface area contributed by atoms with E-state index in [0.29, 0.717) is 17.8 Å². The summed E-state index contributed by atoms with van der Waals surface area (Å²) in [6, 6.07) is 5.32. The molecule has 1 aromatic rings. The summed E-state index contributed by atoms with van der Waals surface area (Å²) < 4.78 is 0. The Bertz CT molecular complexity index is 447. The number of nitrogen functional groups attached to an aromatic ring is 1. The zero-order valence-corrected chi connectivity index (χ0v) is 12.5. The maximum absolute atomic E-state index is 12.0. The number of carbonyl (C=O) groups is 1. The number of nitrogens with zero attached hydrogens (tertiary/aromatic N) is 1. The van der Waals surface area contributed by atoms with Gasteiger partial charge >= 0.3 is 0 Å².